The highest BCUT2D eigenvalue weighted by Crippen LogP contribution is 2.17. The van der Waals surface area contributed by atoms with Crippen LogP contribution in [0.5, 0.6) is 0 Å². The molecule has 7 heteroatoms. The van der Waals surface area contributed by atoms with Gasteiger partial charge >= 0.3 is 0 Å². The van der Waals surface area contributed by atoms with Crippen LogP contribution in [0.15, 0.2) is 24.3 Å². The lowest BCUT2D eigenvalue weighted by atomic mass is 10.2. The average Bonchev–Trinajstić information content (AvgIpc) is 2.47. The van der Waals surface area contributed by atoms with E-state index in [0.29, 0.717) is 23.4 Å². The van der Waals surface area contributed by atoms with Crippen molar-refractivity contribution in [3.8, 4) is 6.07 Å². The van der Waals surface area contributed by atoms with Crippen molar-refractivity contribution in [3.05, 3.63) is 29.8 Å². The average molecular weight is 269 g/mol. The van der Waals surface area contributed by atoms with Crippen LogP contribution in [-0.2, 0) is 0 Å². The first-order valence-corrected chi connectivity index (χ1v) is 6.00. The molecule has 0 bridgehead atoms. The van der Waals surface area contributed by atoms with Gasteiger partial charge in [-0.3, -0.25) is 0 Å². The molecule has 2 N–H and O–H groups in total. The molecule has 0 aliphatic rings. The summed E-state index contributed by atoms with van der Waals surface area (Å²) in [6.45, 7) is 0. The van der Waals surface area contributed by atoms with E-state index in [1.54, 1.807) is 30.1 Å². The van der Waals surface area contributed by atoms with Gasteiger partial charge in [0.2, 0.25) is 17.8 Å². The molecule has 102 valence electrons. The van der Waals surface area contributed by atoms with E-state index >= 15 is 0 Å². The zero-order valence-electron chi connectivity index (χ0n) is 11.5. The Hall–Kier alpha value is -2.88. The Bertz CT molecular complexity index is 645. The van der Waals surface area contributed by atoms with Gasteiger partial charge in [0.25, 0.3) is 0 Å². The van der Waals surface area contributed by atoms with Gasteiger partial charge in [0.1, 0.15) is 0 Å². The number of anilines is 4. The molecule has 0 radical (unpaired) electrons. The van der Waals surface area contributed by atoms with Crippen molar-refractivity contribution in [1.29, 1.82) is 5.26 Å². The lowest BCUT2D eigenvalue weighted by Gasteiger charge is -2.13. The van der Waals surface area contributed by atoms with Gasteiger partial charge in [-0.05, 0) is 18.2 Å². The van der Waals surface area contributed by atoms with E-state index < -0.39 is 0 Å². The molecule has 0 spiro atoms. The summed E-state index contributed by atoms with van der Waals surface area (Å²) < 4.78 is 0. The zero-order valence-corrected chi connectivity index (χ0v) is 11.5. The monoisotopic (exact) mass is 269 g/mol. The Balaban J connectivity index is 2.32. The maximum absolute atomic E-state index is 8.89. The molecule has 1 heterocycles. The molecule has 20 heavy (non-hydrogen) atoms. The Morgan fingerprint density at radius 1 is 1.15 bits per heavy atom. The molecule has 0 unspecified atom stereocenters. The Morgan fingerprint density at radius 3 is 2.55 bits per heavy atom. The minimum Gasteiger partial charge on any atom is -0.357 e. The van der Waals surface area contributed by atoms with Crippen LogP contribution in [0.25, 0.3) is 0 Å². The molecule has 0 amide bonds. The smallest absolute Gasteiger partial charge is 0.233 e. The minimum absolute atomic E-state index is 0.420. The summed E-state index contributed by atoms with van der Waals surface area (Å²) in [5, 5.41) is 14.8. The molecule has 0 atom stereocenters. The molecule has 2 rings (SSSR count). The standard InChI is InChI=1S/C13H15N7/c1-15-11-17-12(19-13(18-11)20(2)3)16-10-6-4-5-9(7-10)8-14/h4-7H,1-3H3,(H2,15,16,17,18,19). The van der Waals surface area contributed by atoms with Gasteiger partial charge in [0, 0.05) is 26.8 Å². The summed E-state index contributed by atoms with van der Waals surface area (Å²) in [5.41, 5.74) is 1.33. The Morgan fingerprint density at radius 2 is 1.90 bits per heavy atom. The maximum Gasteiger partial charge on any atom is 0.233 e. The predicted octanol–water partition coefficient (Wildman–Crippen LogP) is 1.59. The van der Waals surface area contributed by atoms with Gasteiger partial charge < -0.3 is 15.5 Å². The lowest BCUT2D eigenvalue weighted by molar-refractivity contribution is 0.963. The molecular weight excluding hydrogens is 254 g/mol. The van der Waals surface area contributed by atoms with Gasteiger partial charge in [0.15, 0.2) is 0 Å². The van der Waals surface area contributed by atoms with E-state index in [4.69, 9.17) is 5.26 Å². The molecular formula is C13H15N7. The Labute approximate surface area is 117 Å². The number of rotatable bonds is 4. The van der Waals surface area contributed by atoms with E-state index in [1.807, 2.05) is 20.2 Å². The summed E-state index contributed by atoms with van der Waals surface area (Å²) in [5.74, 6) is 1.44. The van der Waals surface area contributed by atoms with Gasteiger partial charge in [-0.25, -0.2) is 0 Å². The van der Waals surface area contributed by atoms with Crippen LogP contribution < -0.4 is 15.5 Å². The minimum atomic E-state index is 0.420. The second-order valence-corrected chi connectivity index (χ2v) is 4.24. The number of aromatic nitrogens is 3. The largest absolute Gasteiger partial charge is 0.357 e. The maximum atomic E-state index is 8.89. The lowest BCUT2D eigenvalue weighted by Crippen LogP contribution is -2.15. The van der Waals surface area contributed by atoms with Crippen molar-refractivity contribution in [1.82, 2.24) is 15.0 Å². The fraction of sp³-hybridized carbons (Fsp3) is 0.231. The number of nitriles is 1. The summed E-state index contributed by atoms with van der Waals surface area (Å²) in [4.78, 5) is 14.6. The topological polar surface area (TPSA) is 89.8 Å². The zero-order chi connectivity index (χ0) is 14.5. The molecule has 1 aromatic heterocycles. The highest BCUT2D eigenvalue weighted by Gasteiger charge is 2.07. The summed E-state index contributed by atoms with van der Waals surface area (Å²) in [6.07, 6.45) is 0. The van der Waals surface area contributed by atoms with Crippen molar-refractivity contribution < 1.29 is 0 Å². The fourth-order valence-electron chi connectivity index (χ4n) is 1.53. The van der Waals surface area contributed by atoms with Crippen LogP contribution in [-0.4, -0.2) is 36.1 Å². The summed E-state index contributed by atoms with van der Waals surface area (Å²) in [6, 6.07) is 9.21. The van der Waals surface area contributed by atoms with E-state index in [9.17, 15) is 0 Å². The van der Waals surface area contributed by atoms with Crippen LogP contribution in [0, 0.1) is 11.3 Å². The van der Waals surface area contributed by atoms with E-state index in [2.05, 4.69) is 31.7 Å². The number of nitrogens with one attached hydrogen (secondary N) is 2. The molecule has 0 aliphatic carbocycles. The number of benzene rings is 1. The second kappa shape index (κ2) is 5.84. The molecule has 2 aromatic rings. The van der Waals surface area contributed by atoms with Crippen LogP contribution in [0.3, 0.4) is 0 Å². The van der Waals surface area contributed by atoms with Crippen molar-refractivity contribution in [2.75, 3.05) is 36.7 Å². The first-order chi connectivity index (χ1) is 9.62. The highest BCUT2D eigenvalue weighted by atomic mass is 15.3. The van der Waals surface area contributed by atoms with E-state index in [-0.39, 0.29) is 0 Å². The van der Waals surface area contributed by atoms with Crippen molar-refractivity contribution in [2.24, 2.45) is 0 Å². The van der Waals surface area contributed by atoms with Gasteiger partial charge in [-0.15, -0.1) is 0 Å². The molecule has 0 aliphatic heterocycles. The Kier molecular flexibility index (Phi) is 3.96. The van der Waals surface area contributed by atoms with Gasteiger partial charge in [-0.2, -0.15) is 20.2 Å². The fourth-order valence-corrected chi connectivity index (χ4v) is 1.53. The predicted molar refractivity (Wildman–Crippen MR) is 78.1 cm³/mol. The number of hydrogen-bond donors (Lipinski definition) is 2. The molecule has 1 aromatic carbocycles. The molecule has 0 saturated carbocycles. The van der Waals surface area contributed by atoms with Crippen LogP contribution in [0.2, 0.25) is 0 Å². The molecule has 7 nitrogen and oxygen atoms in total. The van der Waals surface area contributed by atoms with Crippen molar-refractivity contribution >= 4 is 23.5 Å². The first kappa shape index (κ1) is 13.5. The quantitative estimate of drug-likeness (QED) is 0.871. The van der Waals surface area contributed by atoms with Crippen molar-refractivity contribution in [2.45, 2.75) is 0 Å². The summed E-state index contributed by atoms with van der Waals surface area (Å²) in [7, 11) is 5.46. The highest BCUT2D eigenvalue weighted by molar-refractivity contribution is 5.58. The van der Waals surface area contributed by atoms with Gasteiger partial charge in [0.05, 0.1) is 11.6 Å². The van der Waals surface area contributed by atoms with Crippen LogP contribution in [0.4, 0.5) is 23.5 Å². The first-order valence-electron chi connectivity index (χ1n) is 6.00. The van der Waals surface area contributed by atoms with Crippen LogP contribution in [0.1, 0.15) is 5.56 Å². The third-order valence-electron chi connectivity index (χ3n) is 2.50. The molecule has 0 fully saturated rings. The van der Waals surface area contributed by atoms with Crippen LogP contribution >= 0.6 is 0 Å². The number of hydrogen-bond acceptors (Lipinski definition) is 7. The number of nitrogens with zero attached hydrogens (tertiary/aromatic N) is 5. The van der Waals surface area contributed by atoms with E-state index in [1.165, 1.54) is 0 Å². The van der Waals surface area contributed by atoms with Crippen molar-refractivity contribution in [3.63, 3.8) is 0 Å². The van der Waals surface area contributed by atoms with Gasteiger partial charge in [-0.1, -0.05) is 6.07 Å². The molecule has 0 saturated heterocycles. The SMILES string of the molecule is CNc1nc(Nc2cccc(C#N)c2)nc(N(C)C)n1. The summed E-state index contributed by atoms with van der Waals surface area (Å²) >= 11 is 0. The second-order valence-electron chi connectivity index (χ2n) is 4.24. The normalized spacial score (nSPS) is 9.70. The third kappa shape index (κ3) is 3.11. The van der Waals surface area contributed by atoms with E-state index in [0.717, 1.165) is 5.69 Å². The third-order valence-corrected chi connectivity index (χ3v) is 2.50.